The summed E-state index contributed by atoms with van der Waals surface area (Å²) in [4.78, 5) is 26.3. The van der Waals surface area contributed by atoms with Crippen molar-refractivity contribution in [3.63, 3.8) is 0 Å². The van der Waals surface area contributed by atoms with Crippen LogP contribution < -0.4 is 0 Å². The number of hydrogen-bond acceptors (Lipinski definition) is 4. The molecule has 1 fully saturated rings. The average Bonchev–Trinajstić information content (AvgIpc) is 3.24. The topological polar surface area (TPSA) is 53.7 Å². The number of benzene rings is 1. The lowest BCUT2D eigenvalue weighted by Crippen LogP contribution is -2.49. The third-order valence-corrected chi connectivity index (χ3v) is 6.35. The first-order chi connectivity index (χ1) is 15.6. The van der Waals surface area contributed by atoms with Gasteiger partial charge in [0.05, 0.1) is 30.0 Å². The molecule has 4 aromatic rings. The van der Waals surface area contributed by atoms with Crippen molar-refractivity contribution in [3.8, 4) is 11.1 Å². The molecule has 32 heavy (non-hydrogen) atoms. The molecule has 5 rings (SSSR count). The van der Waals surface area contributed by atoms with Crippen LogP contribution in [0, 0.1) is 6.92 Å². The fraction of sp³-hybridized carbons (Fsp3) is 0.269. The highest BCUT2D eigenvalue weighted by Gasteiger charge is 2.31. The summed E-state index contributed by atoms with van der Waals surface area (Å²) >= 11 is 0. The Hall–Kier alpha value is -3.51. The number of fused-ring (bicyclic) bond motifs is 1. The number of nitrogens with zero attached hydrogens (tertiary/aromatic N) is 5. The van der Waals surface area contributed by atoms with Gasteiger partial charge in [0.15, 0.2) is 0 Å². The molecule has 0 saturated carbocycles. The zero-order valence-electron chi connectivity index (χ0n) is 18.5. The Balaban J connectivity index is 1.37. The molecular weight excluding hydrogens is 398 g/mol. The molecule has 1 aliphatic rings. The third-order valence-electron chi connectivity index (χ3n) is 6.35. The first kappa shape index (κ1) is 20.4. The van der Waals surface area contributed by atoms with Crippen molar-refractivity contribution in [1.29, 1.82) is 0 Å². The number of aromatic nitrogens is 3. The van der Waals surface area contributed by atoms with Gasteiger partial charge in [-0.25, -0.2) is 4.98 Å². The van der Waals surface area contributed by atoms with Gasteiger partial charge >= 0.3 is 0 Å². The predicted octanol–water partition coefficient (Wildman–Crippen LogP) is 3.76. The van der Waals surface area contributed by atoms with E-state index in [1.54, 1.807) is 6.20 Å². The number of piperazine rings is 1. The molecule has 1 unspecified atom stereocenters. The van der Waals surface area contributed by atoms with Crippen LogP contribution in [0.25, 0.3) is 16.6 Å². The molecule has 4 heterocycles. The zero-order valence-corrected chi connectivity index (χ0v) is 18.5. The Morgan fingerprint density at radius 3 is 2.69 bits per heavy atom. The molecule has 0 N–H and O–H groups in total. The van der Waals surface area contributed by atoms with Crippen molar-refractivity contribution in [3.05, 3.63) is 90.3 Å². The largest absolute Gasteiger partial charge is 0.339 e. The van der Waals surface area contributed by atoms with Crippen molar-refractivity contribution >= 4 is 11.4 Å². The van der Waals surface area contributed by atoms with Gasteiger partial charge in [-0.15, -0.1) is 0 Å². The molecule has 0 aliphatic carbocycles. The lowest BCUT2D eigenvalue weighted by molar-refractivity contribution is -0.133. The quantitative estimate of drug-likeness (QED) is 0.500. The summed E-state index contributed by atoms with van der Waals surface area (Å²) in [5, 5.41) is 0. The van der Waals surface area contributed by atoms with Gasteiger partial charge < -0.3 is 9.30 Å². The van der Waals surface area contributed by atoms with Gasteiger partial charge in [-0.05, 0) is 37.2 Å². The van der Waals surface area contributed by atoms with Gasteiger partial charge in [0, 0.05) is 43.8 Å². The lowest BCUT2D eigenvalue weighted by Gasteiger charge is -2.39. The highest BCUT2D eigenvalue weighted by atomic mass is 16.2. The summed E-state index contributed by atoms with van der Waals surface area (Å²) in [6.45, 7) is 4.29. The van der Waals surface area contributed by atoms with E-state index in [2.05, 4.69) is 64.8 Å². The Kier molecular flexibility index (Phi) is 5.45. The fourth-order valence-electron chi connectivity index (χ4n) is 4.37. The molecule has 1 aliphatic heterocycles. The molecule has 0 bridgehead atoms. The SMILES string of the molecule is Cc1ccc(CC(=O)N2CCN(C)C(c3ncn4cc(-c5cccnc5)ccc34)C2)cc1. The summed E-state index contributed by atoms with van der Waals surface area (Å²) in [6, 6.07) is 16.5. The van der Waals surface area contributed by atoms with Crippen molar-refractivity contribution in [2.24, 2.45) is 0 Å². The lowest BCUT2D eigenvalue weighted by atomic mass is 10.0. The predicted molar refractivity (Wildman–Crippen MR) is 125 cm³/mol. The van der Waals surface area contributed by atoms with Crippen molar-refractivity contribution in [2.75, 3.05) is 26.7 Å². The number of likely N-dealkylation sites (N-methyl/N-ethyl adjacent to an activating group) is 1. The minimum atomic E-state index is 0.0694. The van der Waals surface area contributed by atoms with E-state index in [-0.39, 0.29) is 11.9 Å². The first-order valence-corrected chi connectivity index (χ1v) is 11.0. The number of rotatable bonds is 4. The molecule has 6 nitrogen and oxygen atoms in total. The Morgan fingerprint density at radius 1 is 1.06 bits per heavy atom. The van der Waals surface area contributed by atoms with Crippen LogP contribution in [0.2, 0.25) is 0 Å². The van der Waals surface area contributed by atoms with Crippen LogP contribution >= 0.6 is 0 Å². The number of carbonyl (C=O) groups excluding carboxylic acids is 1. The van der Waals surface area contributed by atoms with Crippen LogP contribution in [0.5, 0.6) is 0 Å². The molecule has 0 spiro atoms. The second-order valence-corrected chi connectivity index (χ2v) is 8.58. The van der Waals surface area contributed by atoms with Crippen LogP contribution in [0.3, 0.4) is 0 Å². The van der Waals surface area contributed by atoms with E-state index in [0.717, 1.165) is 41.0 Å². The van der Waals surface area contributed by atoms with Crippen LogP contribution in [0.4, 0.5) is 0 Å². The number of carbonyl (C=O) groups is 1. The van der Waals surface area contributed by atoms with Crippen LogP contribution in [0.15, 0.2) is 73.4 Å². The molecule has 3 aromatic heterocycles. The van der Waals surface area contributed by atoms with E-state index in [1.807, 2.05) is 35.6 Å². The molecule has 1 aromatic carbocycles. The smallest absolute Gasteiger partial charge is 0.227 e. The molecular formula is C26H27N5O. The first-order valence-electron chi connectivity index (χ1n) is 11.0. The maximum atomic E-state index is 13.0. The maximum Gasteiger partial charge on any atom is 0.227 e. The van der Waals surface area contributed by atoms with E-state index in [4.69, 9.17) is 4.98 Å². The molecule has 1 atom stereocenters. The van der Waals surface area contributed by atoms with Crippen molar-refractivity contribution in [2.45, 2.75) is 19.4 Å². The summed E-state index contributed by atoms with van der Waals surface area (Å²) in [5.41, 5.74) is 6.53. The molecule has 162 valence electrons. The second-order valence-electron chi connectivity index (χ2n) is 8.58. The molecule has 6 heteroatoms. The van der Waals surface area contributed by atoms with Crippen molar-refractivity contribution < 1.29 is 4.79 Å². The van der Waals surface area contributed by atoms with Crippen molar-refractivity contribution in [1.82, 2.24) is 24.2 Å². The Labute approximate surface area is 188 Å². The van der Waals surface area contributed by atoms with E-state index in [1.165, 1.54) is 5.56 Å². The number of amides is 1. The van der Waals surface area contributed by atoms with E-state index in [0.29, 0.717) is 13.0 Å². The Morgan fingerprint density at radius 2 is 1.91 bits per heavy atom. The molecule has 0 radical (unpaired) electrons. The highest BCUT2D eigenvalue weighted by Crippen LogP contribution is 2.28. The van der Waals surface area contributed by atoms with Gasteiger partial charge in [-0.2, -0.15) is 0 Å². The van der Waals surface area contributed by atoms with E-state index >= 15 is 0 Å². The van der Waals surface area contributed by atoms with Crippen LogP contribution in [-0.2, 0) is 11.2 Å². The summed E-state index contributed by atoms with van der Waals surface area (Å²) in [5.74, 6) is 0.175. The monoisotopic (exact) mass is 425 g/mol. The van der Waals surface area contributed by atoms with Crippen LogP contribution in [-0.4, -0.2) is 56.8 Å². The van der Waals surface area contributed by atoms with Gasteiger partial charge in [-0.3, -0.25) is 14.7 Å². The average molecular weight is 426 g/mol. The highest BCUT2D eigenvalue weighted by molar-refractivity contribution is 5.79. The standard InChI is InChI=1S/C26H27N5O/c1-19-5-7-20(8-6-19)14-25(32)30-13-12-29(2)24(17-30)26-23-10-9-22(16-31(23)18-28-26)21-4-3-11-27-15-21/h3-11,15-16,18,24H,12-14,17H2,1-2H3. The fourth-order valence-corrected chi connectivity index (χ4v) is 4.37. The summed E-state index contributed by atoms with van der Waals surface area (Å²) in [7, 11) is 2.11. The number of aryl methyl sites for hydroxylation is 1. The number of pyridine rings is 2. The van der Waals surface area contributed by atoms with Gasteiger partial charge in [0.25, 0.3) is 0 Å². The minimum Gasteiger partial charge on any atom is -0.339 e. The van der Waals surface area contributed by atoms with E-state index in [9.17, 15) is 4.79 Å². The maximum absolute atomic E-state index is 13.0. The number of hydrogen-bond donors (Lipinski definition) is 0. The summed E-state index contributed by atoms with van der Waals surface area (Å²) in [6.07, 6.45) is 8.04. The Bertz CT molecular complexity index is 1230. The van der Waals surface area contributed by atoms with Crippen LogP contribution in [0.1, 0.15) is 22.9 Å². The van der Waals surface area contributed by atoms with Gasteiger partial charge in [0.2, 0.25) is 5.91 Å². The summed E-state index contributed by atoms with van der Waals surface area (Å²) < 4.78 is 2.07. The van der Waals surface area contributed by atoms with E-state index < -0.39 is 0 Å². The molecule has 1 amide bonds. The second kappa shape index (κ2) is 8.55. The van der Waals surface area contributed by atoms with Gasteiger partial charge in [0.1, 0.15) is 0 Å². The molecule has 1 saturated heterocycles. The number of imidazole rings is 1. The zero-order chi connectivity index (χ0) is 22.1. The third kappa shape index (κ3) is 4.01. The minimum absolute atomic E-state index is 0.0694. The normalized spacial score (nSPS) is 17.1. The van der Waals surface area contributed by atoms with Gasteiger partial charge in [-0.1, -0.05) is 42.0 Å².